The Morgan fingerprint density at radius 3 is 2.50 bits per heavy atom. The summed E-state index contributed by atoms with van der Waals surface area (Å²) in [5.41, 5.74) is 7.12. The standard InChI is InChI=1S/C19H21N3O5S/c1-11-8-14(22(24)25)10-18(13(11)3)28(26,27)21-12(2)9-16(19(20)23)15-6-4-5-7-17(15)21/h4-8,10,12,16H,9H2,1-3H3,(H2,20,23). The first kappa shape index (κ1) is 19.8. The lowest BCUT2D eigenvalue weighted by Gasteiger charge is -2.39. The predicted octanol–water partition coefficient (Wildman–Crippen LogP) is 2.77. The third-order valence-electron chi connectivity index (χ3n) is 5.22. The van der Waals surface area contributed by atoms with Crippen LogP contribution in [0.15, 0.2) is 41.3 Å². The molecular weight excluding hydrogens is 382 g/mol. The molecule has 3 rings (SSSR count). The van der Waals surface area contributed by atoms with Gasteiger partial charge in [-0.3, -0.25) is 19.2 Å². The summed E-state index contributed by atoms with van der Waals surface area (Å²) in [6.45, 7) is 4.96. The van der Waals surface area contributed by atoms with Crippen LogP contribution in [0.4, 0.5) is 11.4 Å². The Labute approximate surface area is 163 Å². The number of aryl methyl sites for hydroxylation is 1. The first-order valence-electron chi connectivity index (χ1n) is 8.74. The van der Waals surface area contributed by atoms with Crippen LogP contribution in [0.3, 0.4) is 0 Å². The zero-order chi connectivity index (χ0) is 20.8. The van der Waals surface area contributed by atoms with E-state index in [0.717, 1.165) is 6.07 Å². The van der Waals surface area contributed by atoms with Gasteiger partial charge >= 0.3 is 0 Å². The Morgan fingerprint density at radius 1 is 1.25 bits per heavy atom. The van der Waals surface area contributed by atoms with Gasteiger partial charge in [-0.05, 0) is 49.9 Å². The highest BCUT2D eigenvalue weighted by molar-refractivity contribution is 7.93. The van der Waals surface area contributed by atoms with Crippen molar-refractivity contribution in [1.82, 2.24) is 0 Å². The van der Waals surface area contributed by atoms with Crippen molar-refractivity contribution in [3.63, 3.8) is 0 Å². The van der Waals surface area contributed by atoms with Crippen molar-refractivity contribution in [3.05, 3.63) is 63.2 Å². The van der Waals surface area contributed by atoms with Gasteiger partial charge in [-0.2, -0.15) is 0 Å². The second-order valence-electron chi connectivity index (χ2n) is 7.04. The van der Waals surface area contributed by atoms with Gasteiger partial charge in [0, 0.05) is 18.2 Å². The second-order valence-corrected chi connectivity index (χ2v) is 8.83. The molecule has 1 heterocycles. The number of nitro groups is 1. The number of carbonyl (C=O) groups excluding carboxylic acids is 1. The lowest BCUT2D eigenvalue weighted by Crippen LogP contribution is -2.45. The molecule has 2 aromatic carbocycles. The molecule has 148 valence electrons. The number of non-ortho nitro benzene ring substituents is 1. The summed E-state index contributed by atoms with van der Waals surface area (Å²) >= 11 is 0. The third-order valence-corrected chi connectivity index (χ3v) is 7.28. The van der Waals surface area contributed by atoms with E-state index in [2.05, 4.69) is 0 Å². The number of nitrogens with two attached hydrogens (primary N) is 1. The molecule has 0 radical (unpaired) electrons. The molecule has 0 fully saturated rings. The fourth-order valence-corrected chi connectivity index (χ4v) is 5.72. The summed E-state index contributed by atoms with van der Waals surface area (Å²) in [5.74, 6) is -1.11. The number of sulfonamides is 1. The van der Waals surface area contributed by atoms with Crippen molar-refractivity contribution in [2.24, 2.45) is 5.73 Å². The van der Waals surface area contributed by atoms with Crippen LogP contribution in [0.5, 0.6) is 0 Å². The Morgan fingerprint density at radius 2 is 1.89 bits per heavy atom. The average molecular weight is 403 g/mol. The molecule has 0 spiro atoms. The van der Waals surface area contributed by atoms with E-state index in [0.29, 0.717) is 22.4 Å². The molecule has 0 aliphatic carbocycles. The number of anilines is 1. The van der Waals surface area contributed by atoms with E-state index in [1.54, 1.807) is 45.0 Å². The maximum absolute atomic E-state index is 13.6. The number of benzene rings is 2. The van der Waals surface area contributed by atoms with Crippen molar-refractivity contribution in [2.45, 2.75) is 44.0 Å². The van der Waals surface area contributed by atoms with Crippen LogP contribution >= 0.6 is 0 Å². The minimum atomic E-state index is -4.11. The number of rotatable bonds is 4. The fourth-order valence-electron chi connectivity index (χ4n) is 3.71. The Bertz CT molecular complexity index is 1080. The summed E-state index contributed by atoms with van der Waals surface area (Å²) in [7, 11) is -4.11. The molecule has 2 atom stereocenters. The normalized spacial score (nSPS) is 19.2. The van der Waals surface area contributed by atoms with Crippen LogP contribution in [0.1, 0.15) is 36.0 Å². The van der Waals surface area contributed by atoms with Gasteiger partial charge in [0.1, 0.15) is 0 Å². The Hall–Kier alpha value is -2.94. The number of hydrogen-bond acceptors (Lipinski definition) is 5. The zero-order valence-corrected chi connectivity index (χ0v) is 16.6. The summed E-state index contributed by atoms with van der Waals surface area (Å²) < 4.78 is 28.4. The van der Waals surface area contributed by atoms with Gasteiger partial charge in [0.15, 0.2) is 0 Å². The molecule has 0 saturated carbocycles. The maximum atomic E-state index is 13.6. The number of primary amides is 1. The van der Waals surface area contributed by atoms with Crippen LogP contribution in [-0.4, -0.2) is 25.3 Å². The summed E-state index contributed by atoms with van der Waals surface area (Å²) in [4.78, 5) is 22.4. The Balaban J connectivity index is 2.24. The number of hydrogen-bond donors (Lipinski definition) is 1. The van der Waals surface area contributed by atoms with Crippen molar-refractivity contribution in [3.8, 4) is 0 Å². The number of para-hydroxylation sites is 1. The molecule has 2 unspecified atom stereocenters. The third kappa shape index (κ3) is 3.11. The van der Waals surface area contributed by atoms with Gasteiger partial charge in [-0.25, -0.2) is 8.42 Å². The molecule has 0 bridgehead atoms. The highest BCUT2D eigenvalue weighted by atomic mass is 32.2. The number of carbonyl (C=O) groups is 1. The van der Waals surface area contributed by atoms with Gasteiger partial charge in [0.25, 0.3) is 15.7 Å². The highest BCUT2D eigenvalue weighted by Gasteiger charge is 2.40. The van der Waals surface area contributed by atoms with Crippen molar-refractivity contribution in [1.29, 1.82) is 0 Å². The lowest BCUT2D eigenvalue weighted by molar-refractivity contribution is -0.385. The average Bonchev–Trinajstić information content (AvgIpc) is 2.62. The molecule has 0 saturated heterocycles. The number of amides is 1. The highest BCUT2D eigenvalue weighted by Crippen LogP contribution is 2.42. The van der Waals surface area contributed by atoms with Gasteiger partial charge in [0.2, 0.25) is 5.91 Å². The van der Waals surface area contributed by atoms with E-state index >= 15 is 0 Å². The van der Waals surface area contributed by atoms with Crippen molar-refractivity contribution in [2.75, 3.05) is 4.31 Å². The van der Waals surface area contributed by atoms with Crippen LogP contribution in [0.25, 0.3) is 0 Å². The van der Waals surface area contributed by atoms with E-state index < -0.39 is 32.8 Å². The van der Waals surface area contributed by atoms with Crippen LogP contribution in [-0.2, 0) is 14.8 Å². The topological polar surface area (TPSA) is 124 Å². The molecule has 8 nitrogen and oxygen atoms in total. The number of fused-ring (bicyclic) bond motifs is 1. The first-order valence-corrected chi connectivity index (χ1v) is 10.2. The largest absolute Gasteiger partial charge is 0.369 e. The smallest absolute Gasteiger partial charge is 0.271 e. The molecular formula is C19H21N3O5S. The van der Waals surface area contributed by atoms with E-state index in [1.165, 1.54) is 10.4 Å². The minimum Gasteiger partial charge on any atom is -0.369 e. The van der Waals surface area contributed by atoms with Gasteiger partial charge in [-0.15, -0.1) is 0 Å². The SMILES string of the molecule is Cc1cc([N+](=O)[O-])cc(S(=O)(=O)N2c3ccccc3C(C(N)=O)CC2C)c1C. The van der Waals surface area contributed by atoms with E-state index in [1.807, 2.05) is 0 Å². The fraction of sp³-hybridized carbons (Fsp3) is 0.316. The molecule has 28 heavy (non-hydrogen) atoms. The van der Waals surface area contributed by atoms with E-state index in [4.69, 9.17) is 5.73 Å². The van der Waals surface area contributed by atoms with Gasteiger partial charge in [-0.1, -0.05) is 18.2 Å². The van der Waals surface area contributed by atoms with Crippen molar-refractivity contribution >= 4 is 27.3 Å². The quantitative estimate of drug-likeness (QED) is 0.621. The van der Waals surface area contributed by atoms with Crippen LogP contribution in [0.2, 0.25) is 0 Å². The molecule has 2 aromatic rings. The van der Waals surface area contributed by atoms with Gasteiger partial charge < -0.3 is 5.73 Å². The predicted molar refractivity (Wildman–Crippen MR) is 105 cm³/mol. The maximum Gasteiger partial charge on any atom is 0.271 e. The van der Waals surface area contributed by atoms with Gasteiger partial charge in [0.05, 0.1) is 21.4 Å². The monoisotopic (exact) mass is 403 g/mol. The van der Waals surface area contributed by atoms with Crippen molar-refractivity contribution < 1.29 is 18.1 Å². The van der Waals surface area contributed by atoms with Crippen LogP contribution < -0.4 is 10.0 Å². The minimum absolute atomic E-state index is 0.113. The number of nitrogens with zero attached hydrogens (tertiary/aromatic N) is 2. The molecule has 1 aliphatic heterocycles. The van der Waals surface area contributed by atoms with Crippen LogP contribution in [0, 0.1) is 24.0 Å². The molecule has 1 amide bonds. The Kier molecular flexibility index (Phi) is 4.88. The lowest BCUT2D eigenvalue weighted by atomic mass is 9.87. The molecule has 2 N–H and O–H groups in total. The van der Waals surface area contributed by atoms with E-state index in [-0.39, 0.29) is 17.0 Å². The molecule has 1 aliphatic rings. The molecule has 9 heteroatoms. The zero-order valence-electron chi connectivity index (χ0n) is 15.7. The van der Waals surface area contributed by atoms with E-state index in [9.17, 15) is 23.3 Å². The molecule has 0 aromatic heterocycles. The second kappa shape index (κ2) is 6.90. The first-order chi connectivity index (χ1) is 13.1. The summed E-state index contributed by atoms with van der Waals surface area (Å²) in [6.07, 6.45) is 0.235. The number of nitro benzene ring substituents is 1. The summed E-state index contributed by atoms with van der Waals surface area (Å²) in [5, 5.41) is 11.2. The summed E-state index contributed by atoms with van der Waals surface area (Å²) in [6, 6.07) is 8.61.